The second-order valence-corrected chi connectivity index (χ2v) is 7.18. The molecule has 1 aromatic rings. The van der Waals surface area contributed by atoms with Gasteiger partial charge in [-0.3, -0.25) is 4.79 Å². The molecule has 0 radical (unpaired) electrons. The molecular weight excluding hydrogens is 268 g/mol. The van der Waals surface area contributed by atoms with Gasteiger partial charge in [0, 0.05) is 24.0 Å². The topological polar surface area (TPSA) is 46.3 Å². The highest BCUT2D eigenvalue weighted by Gasteiger charge is 2.33. The van der Waals surface area contributed by atoms with Gasteiger partial charge in [0.2, 0.25) is 5.91 Å². The van der Waals surface area contributed by atoms with Crippen LogP contribution in [0, 0.1) is 0 Å². The van der Waals surface area contributed by atoms with Crippen molar-refractivity contribution in [2.24, 2.45) is 5.73 Å². The fourth-order valence-electron chi connectivity index (χ4n) is 3.22. The number of nitrogens with two attached hydrogens (primary N) is 1. The van der Waals surface area contributed by atoms with E-state index in [4.69, 9.17) is 5.73 Å². The van der Waals surface area contributed by atoms with Crippen LogP contribution in [0.1, 0.15) is 31.2 Å². The smallest absolute Gasteiger partial charge is 0.236 e. The molecule has 1 aliphatic heterocycles. The van der Waals surface area contributed by atoms with E-state index in [1.54, 1.807) is 11.8 Å². The molecular formula is C16H22N2OS. The molecule has 1 heterocycles. The molecule has 2 aliphatic rings. The third kappa shape index (κ3) is 2.72. The molecule has 4 heteroatoms. The van der Waals surface area contributed by atoms with Crippen molar-refractivity contribution < 1.29 is 4.79 Å². The maximum absolute atomic E-state index is 12.7. The summed E-state index contributed by atoms with van der Waals surface area (Å²) in [6, 6.07) is 9.07. The van der Waals surface area contributed by atoms with Gasteiger partial charge in [0.05, 0.1) is 5.25 Å². The van der Waals surface area contributed by atoms with E-state index in [0.29, 0.717) is 12.1 Å². The number of amides is 1. The van der Waals surface area contributed by atoms with E-state index < -0.39 is 0 Å². The Morgan fingerprint density at radius 3 is 2.65 bits per heavy atom. The maximum Gasteiger partial charge on any atom is 0.236 e. The molecule has 0 saturated heterocycles. The summed E-state index contributed by atoms with van der Waals surface area (Å²) in [7, 11) is 1.97. The summed E-state index contributed by atoms with van der Waals surface area (Å²) < 4.78 is 0. The molecule has 1 aliphatic carbocycles. The highest BCUT2D eigenvalue weighted by atomic mass is 32.2. The van der Waals surface area contributed by atoms with Crippen molar-refractivity contribution in [2.45, 2.75) is 54.3 Å². The van der Waals surface area contributed by atoms with Gasteiger partial charge < -0.3 is 10.6 Å². The minimum atomic E-state index is 0.0630. The van der Waals surface area contributed by atoms with Crippen LogP contribution in [0.4, 0.5) is 0 Å². The van der Waals surface area contributed by atoms with Gasteiger partial charge in [-0.05, 0) is 43.7 Å². The molecule has 108 valence electrons. The lowest BCUT2D eigenvalue weighted by atomic mass is 9.91. The molecule has 20 heavy (non-hydrogen) atoms. The number of hydrogen-bond acceptors (Lipinski definition) is 3. The normalized spacial score (nSPS) is 29.0. The number of carbonyl (C=O) groups is 1. The van der Waals surface area contributed by atoms with Crippen LogP contribution in [-0.4, -0.2) is 35.2 Å². The van der Waals surface area contributed by atoms with Gasteiger partial charge in [0.1, 0.15) is 0 Å². The highest BCUT2D eigenvalue weighted by molar-refractivity contribution is 8.01. The zero-order valence-corrected chi connectivity index (χ0v) is 12.7. The van der Waals surface area contributed by atoms with Crippen molar-refractivity contribution >= 4 is 17.7 Å². The summed E-state index contributed by atoms with van der Waals surface area (Å²) >= 11 is 1.72. The van der Waals surface area contributed by atoms with Crippen LogP contribution in [0.3, 0.4) is 0 Å². The lowest BCUT2D eigenvalue weighted by Gasteiger charge is -2.34. The van der Waals surface area contributed by atoms with E-state index >= 15 is 0 Å². The summed E-state index contributed by atoms with van der Waals surface area (Å²) in [6.45, 7) is 0. The standard InChI is InChI=1S/C16H22N2OS/c1-18(13-8-6-12(17)7-9-13)16(19)15-10-11-4-2-3-5-14(11)20-15/h2-5,12-13,15H,6-10,17H2,1H3. The Morgan fingerprint density at radius 1 is 1.25 bits per heavy atom. The number of thioether (sulfide) groups is 1. The van der Waals surface area contributed by atoms with Gasteiger partial charge >= 0.3 is 0 Å². The third-order valence-corrected chi connectivity index (χ3v) is 5.86. The van der Waals surface area contributed by atoms with Crippen molar-refractivity contribution in [3.8, 4) is 0 Å². The Morgan fingerprint density at radius 2 is 1.95 bits per heavy atom. The van der Waals surface area contributed by atoms with Crippen LogP contribution in [-0.2, 0) is 11.2 Å². The quantitative estimate of drug-likeness (QED) is 0.910. The molecule has 1 fully saturated rings. The molecule has 2 N–H and O–H groups in total. The number of carbonyl (C=O) groups excluding carboxylic acids is 1. The number of rotatable bonds is 2. The van der Waals surface area contributed by atoms with E-state index in [-0.39, 0.29) is 11.2 Å². The van der Waals surface area contributed by atoms with Crippen LogP contribution in [0.5, 0.6) is 0 Å². The first-order chi connectivity index (χ1) is 9.65. The van der Waals surface area contributed by atoms with E-state index in [1.807, 2.05) is 18.0 Å². The predicted octanol–water partition coefficient (Wildman–Crippen LogP) is 2.43. The largest absolute Gasteiger partial charge is 0.342 e. The molecule has 0 spiro atoms. The summed E-state index contributed by atoms with van der Waals surface area (Å²) in [6.07, 6.45) is 5.05. The Balaban J connectivity index is 1.63. The summed E-state index contributed by atoms with van der Waals surface area (Å²) in [5, 5.41) is 0.0630. The van der Waals surface area contributed by atoms with Crippen LogP contribution >= 0.6 is 11.8 Å². The van der Waals surface area contributed by atoms with Gasteiger partial charge in [-0.25, -0.2) is 0 Å². The van der Waals surface area contributed by atoms with Gasteiger partial charge in [-0.15, -0.1) is 11.8 Å². The average Bonchev–Trinajstić information content (AvgIpc) is 2.90. The van der Waals surface area contributed by atoms with Crippen LogP contribution < -0.4 is 5.73 Å². The summed E-state index contributed by atoms with van der Waals surface area (Å²) in [5.41, 5.74) is 7.26. The van der Waals surface area contributed by atoms with E-state index in [0.717, 1.165) is 32.1 Å². The Bertz CT molecular complexity index is 472. The minimum absolute atomic E-state index is 0.0630. The molecule has 1 aromatic carbocycles. The zero-order valence-electron chi connectivity index (χ0n) is 11.9. The van der Waals surface area contributed by atoms with Gasteiger partial charge in [0.25, 0.3) is 0 Å². The van der Waals surface area contributed by atoms with Crippen molar-refractivity contribution in [3.63, 3.8) is 0 Å². The predicted molar refractivity (Wildman–Crippen MR) is 82.8 cm³/mol. The third-order valence-electron chi connectivity index (χ3n) is 4.56. The van der Waals surface area contributed by atoms with Crippen molar-refractivity contribution in [1.82, 2.24) is 4.90 Å². The molecule has 1 amide bonds. The van der Waals surface area contributed by atoms with E-state index in [1.165, 1.54) is 10.5 Å². The summed E-state index contributed by atoms with van der Waals surface area (Å²) in [4.78, 5) is 15.9. The van der Waals surface area contributed by atoms with Gasteiger partial charge in [-0.1, -0.05) is 18.2 Å². The fraction of sp³-hybridized carbons (Fsp3) is 0.562. The van der Waals surface area contributed by atoms with Gasteiger partial charge in [-0.2, -0.15) is 0 Å². The van der Waals surface area contributed by atoms with Crippen LogP contribution in [0.15, 0.2) is 29.2 Å². The Hall–Kier alpha value is -1.00. The van der Waals surface area contributed by atoms with Gasteiger partial charge in [0.15, 0.2) is 0 Å². The molecule has 3 nitrogen and oxygen atoms in total. The molecule has 0 bridgehead atoms. The average molecular weight is 290 g/mol. The lowest BCUT2D eigenvalue weighted by molar-refractivity contribution is -0.131. The highest BCUT2D eigenvalue weighted by Crippen LogP contribution is 2.38. The first kappa shape index (κ1) is 14.0. The van der Waals surface area contributed by atoms with Crippen molar-refractivity contribution in [2.75, 3.05) is 7.05 Å². The number of fused-ring (bicyclic) bond motifs is 1. The Labute approximate surface area is 124 Å². The van der Waals surface area contributed by atoms with E-state index in [2.05, 4.69) is 18.2 Å². The number of benzene rings is 1. The number of hydrogen-bond donors (Lipinski definition) is 1. The SMILES string of the molecule is CN(C(=O)C1Cc2ccccc2S1)C1CCC(N)CC1. The van der Waals surface area contributed by atoms with E-state index in [9.17, 15) is 4.79 Å². The Kier molecular flexibility index (Phi) is 4.03. The molecule has 1 saturated carbocycles. The maximum atomic E-state index is 12.7. The molecule has 0 aromatic heterocycles. The summed E-state index contributed by atoms with van der Waals surface area (Å²) in [5.74, 6) is 0.284. The second kappa shape index (κ2) is 5.78. The lowest BCUT2D eigenvalue weighted by Crippen LogP contribution is -2.45. The minimum Gasteiger partial charge on any atom is -0.342 e. The molecule has 1 unspecified atom stereocenters. The van der Waals surface area contributed by atoms with Crippen LogP contribution in [0.2, 0.25) is 0 Å². The van der Waals surface area contributed by atoms with Crippen LogP contribution in [0.25, 0.3) is 0 Å². The second-order valence-electron chi connectivity index (χ2n) is 5.94. The molecule has 3 rings (SSSR count). The van der Waals surface area contributed by atoms with Crippen molar-refractivity contribution in [3.05, 3.63) is 29.8 Å². The van der Waals surface area contributed by atoms with Crippen molar-refractivity contribution in [1.29, 1.82) is 0 Å². The first-order valence-electron chi connectivity index (χ1n) is 7.42. The fourth-order valence-corrected chi connectivity index (χ4v) is 4.51. The zero-order chi connectivity index (χ0) is 14.1. The molecule has 1 atom stereocenters. The number of nitrogens with zero attached hydrogens (tertiary/aromatic N) is 1. The monoisotopic (exact) mass is 290 g/mol. The first-order valence-corrected chi connectivity index (χ1v) is 8.30.